The van der Waals surface area contributed by atoms with Gasteiger partial charge in [0.25, 0.3) is 5.91 Å². The molecule has 120 valence electrons. The Balaban J connectivity index is 3.02. The topological polar surface area (TPSA) is 71.3 Å². The van der Waals surface area contributed by atoms with Gasteiger partial charge in [0.05, 0.1) is 30.7 Å². The third-order valence-electron chi connectivity index (χ3n) is 2.80. The fraction of sp³-hybridized carbons (Fsp3) is 0.500. The number of carbonyl (C=O) groups is 1. The standard InChI is InChI=1S/C16H21ClN2O3/c1-4-8-22-15-13(17)9-12(10-14(15)21-5-2)16(20)19-11(3)6-7-18/h9-11H,4-6,8H2,1-3H3,(H,19,20). The summed E-state index contributed by atoms with van der Waals surface area (Å²) in [5.74, 6) is 0.598. The molecule has 0 aliphatic rings. The lowest BCUT2D eigenvalue weighted by Crippen LogP contribution is -2.32. The Morgan fingerprint density at radius 3 is 2.73 bits per heavy atom. The Labute approximate surface area is 136 Å². The first-order chi connectivity index (χ1) is 10.5. The van der Waals surface area contributed by atoms with Gasteiger partial charge in [-0.15, -0.1) is 0 Å². The lowest BCUT2D eigenvalue weighted by atomic mass is 10.1. The van der Waals surface area contributed by atoms with Gasteiger partial charge in [0.1, 0.15) is 0 Å². The van der Waals surface area contributed by atoms with Crippen molar-refractivity contribution in [3.8, 4) is 17.6 Å². The number of carbonyl (C=O) groups excluding carboxylic acids is 1. The predicted molar refractivity (Wildman–Crippen MR) is 85.6 cm³/mol. The summed E-state index contributed by atoms with van der Waals surface area (Å²) in [5, 5.41) is 11.7. The number of halogens is 1. The molecule has 0 bridgehead atoms. The summed E-state index contributed by atoms with van der Waals surface area (Å²) >= 11 is 6.21. The number of nitrogens with zero attached hydrogens (tertiary/aromatic N) is 1. The van der Waals surface area contributed by atoms with E-state index in [1.165, 1.54) is 0 Å². The second kappa shape index (κ2) is 9.16. The first-order valence-electron chi connectivity index (χ1n) is 7.30. The van der Waals surface area contributed by atoms with Gasteiger partial charge in [0.15, 0.2) is 11.5 Å². The molecule has 1 N–H and O–H groups in total. The van der Waals surface area contributed by atoms with Crippen molar-refractivity contribution < 1.29 is 14.3 Å². The van der Waals surface area contributed by atoms with Crippen molar-refractivity contribution in [1.29, 1.82) is 5.26 Å². The molecule has 0 spiro atoms. The number of amides is 1. The summed E-state index contributed by atoms with van der Waals surface area (Å²) < 4.78 is 11.1. The number of nitrogens with one attached hydrogen (secondary N) is 1. The van der Waals surface area contributed by atoms with E-state index in [0.717, 1.165) is 6.42 Å². The highest BCUT2D eigenvalue weighted by molar-refractivity contribution is 6.32. The van der Waals surface area contributed by atoms with Crippen molar-refractivity contribution in [2.75, 3.05) is 13.2 Å². The van der Waals surface area contributed by atoms with Crippen molar-refractivity contribution >= 4 is 17.5 Å². The van der Waals surface area contributed by atoms with E-state index in [4.69, 9.17) is 26.3 Å². The van der Waals surface area contributed by atoms with Crippen LogP contribution in [0.3, 0.4) is 0 Å². The normalized spacial score (nSPS) is 11.4. The smallest absolute Gasteiger partial charge is 0.251 e. The minimum Gasteiger partial charge on any atom is -0.490 e. The second-order valence-electron chi connectivity index (χ2n) is 4.80. The van der Waals surface area contributed by atoms with Crippen molar-refractivity contribution in [2.45, 2.75) is 39.7 Å². The molecular weight excluding hydrogens is 304 g/mol. The molecule has 1 atom stereocenters. The Bertz CT molecular complexity index is 555. The van der Waals surface area contributed by atoms with Crippen LogP contribution in [0.1, 0.15) is 44.0 Å². The molecule has 0 aliphatic heterocycles. The van der Waals surface area contributed by atoms with Crippen molar-refractivity contribution in [2.24, 2.45) is 0 Å². The minimum absolute atomic E-state index is 0.233. The summed E-state index contributed by atoms with van der Waals surface area (Å²) in [4.78, 5) is 12.2. The van der Waals surface area contributed by atoms with Crippen LogP contribution in [-0.4, -0.2) is 25.2 Å². The molecular formula is C16H21ClN2O3. The van der Waals surface area contributed by atoms with Gasteiger partial charge in [0.2, 0.25) is 0 Å². The second-order valence-corrected chi connectivity index (χ2v) is 5.21. The molecule has 1 rings (SSSR count). The van der Waals surface area contributed by atoms with Gasteiger partial charge in [0, 0.05) is 11.6 Å². The van der Waals surface area contributed by atoms with Crippen LogP contribution < -0.4 is 14.8 Å². The van der Waals surface area contributed by atoms with Crippen molar-refractivity contribution in [3.63, 3.8) is 0 Å². The lowest BCUT2D eigenvalue weighted by Gasteiger charge is -2.16. The van der Waals surface area contributed by atoms with E-state index in [1.807, 2.05) is 19.9 Å². The third kappa shape index (κ3) is 5.12. The molecule has 22 heavy (non-hydrogen) atoms. The maximum Gasteiger partial charge on any atom is 0.251 e. The summed E-state index contributed by atoms with van der Waals surface area (Å²) in [7, 11) is 0. The van der Waals surface area contributed by atoms with Crippen LogP contribution in [0.25, 0.3) is 0 Å². The number of ether oxygens (including phenoxy) is 2. The molecule has 6 heteroatoms. The lowest BCUT2D eigenvalue weighted by molar-refractivity contribution is 0.0940. The van der Waals surface area contributed by atoms with Crippen LogP contribution in [0.15, 0.2) is 12.1 Å². The summed E-state index contributed by atoms with van der Waals surface area (Å²) in [6, 6.07) is 4.93. The van der Waals surface area contributed by atoms with Gasteiger partial charge in [-0.2, -0.15) is 5.26 Å². The van der Waals surface area contributed by atoms with E-state index in [9.17, 15) is 4.79 Å². The number of hydrogen-bond donors (Lipinski definition) is 1. The summed E-state index contributed by atoms with van der Waals surface area (Å²) in [5.41, 5.74) is 0.377. The summed E-state index contributed by atoms with van der Waals surface area (Å²) in [6.07, 6.45) is 1.09. The average Bonchev–Trinajstić information content (AvgIpc) is 2.46. The third-order valence-corrected chi connectivity index (χ3v) is 3.08. The minimum atomic E-state index is -0.298. The Morgan fingerprint density at radius 1 is 1.41 bits per heavy atom. The van der Waals surface area contributed by atoms with E-state index in [0.29, 0.717) is 35.3 Å². The molecule has 1 amide bonds. The van der Waals surface area contributed by atoms with Crippen LogP contribution in [0, 0.1) is 11.3 Å². The highest BCUT2D eigenvalue weighted by Crippen LogP contribution is 2.36. The average molecular weight is 325 g/mol. The SMILES string of the molecule is CCCOc1c(Cl)cc(C(=O)NC(C)CC#N)cc1OCC. The zero-order valence-corrected chi connectivity index (χ0v) is 13.9. The van der Waals surface area contributed by atoms with Gasteiger partial charge < -0.3 is 14.8 Å². The molecule has 0 aliphatic carbocycles. The van der Waals surface area contributed by atoms with E-state index in [2.05, 4.69) is 5.32 Å². The van der Waals surface area contributed by atoms with E-state index < -0.39 is 0 Å². The van der Waals surface area contributed by atoms with Crippen LogP contribution in [0.2, 0.25) is 5.02 Å². The van der Waals surface area contributed by atoms with Gasteiger partial charge >= 0.3 is 0 Å². The largest absolute Gasteiger partial charge is 0.490 e. The number of rotatable bonds is 8. The quantitative estimate of drug-likeness (QED) is 0.793. The monoisotopic (exact) mass is 324 g/mol. The van der Waals surface area contributed by atoms with Crippen LogP contribution >= 0.6 is 11.6 Å². The first kappa shape index (κ1) is 18.1. The first-order valence-corrected chi connectivity index (χ1v) is 7.68. The molecule has 1 aromatic rings. The van der Waals surface area contributed by atoms with Crippen LogP contribution in [-0.2, 0) is 0 Å². The number of hydrogen-bond acceptors (Lipinski definition) is 4. The van der Waals surface area contributed by atoms with Crippen LogP contribution in [0.4, 0.5) is 0 Å². The van der Waals surface area contributed by atoms with Crippen molar-refractivity contribution in [3.05, 3.63) is 22.7 Å². The van der Waals surface area contributed by atoms with E-state index in [1.54, 1.807) is 19.1 Å². The molecule has 0 fully saturated rings. The van der Waals surface area contributed by atoms with Crippen molar-refractivity contribution in [1.82, 2.24) is 5.32 Å². The Kier molecular flexibility index (Phi) is 7.55. The zero-order valence-electron chi connectivity index (χ0n) is 13.1. The van der Waals surface area contributed by atoms with Gasteiger partial charge in [-0.1, -0.05) is 18.5 Å². The van der Waals surface area contributed by atoms with Gasteiger partial charge in [-0.25, -0.2) is 0 Å². The fourth-order valence-corrected chi connectivity index (χ4v) is 2.07. The number of nitriles is 1. The highest BCUT2D eigenvalue weighted by atomic mass is 35.5. The van der Waals surface area contributed by atoms with E-state index >= 15 is 0 Å². The van der Waals surface area contributed by atoms with E-state index in [-0.39, 0.29) is 18.4 Å². The molecule has 0 heterocycles. The number of benzene rings is 1. The molecule has 0 aromatic heterocycles. The Morgan fingerprint density at radius 2 is 2.14 bits per heavy atom. The maximum atomic E-state index is 12.2. The van der Waals surface area contributed by atoms with Crippen LogP contribution in [0.5, 0.6) is 11.5 Å². The zero-order chi connectivity index (χ0) is 16.5. The molecule has 5 nitrogen and oxygen atoms in total. The molecule has 1 unspecified atom stereocenters. The molecule has 0 saturated carbocycles. The predicted octanol–water partition coefficient (Wildman–Crippen LogP) is 3.56. The maximum absolute atomic E-state index is 12.2. The summed E-state index contributed by atoms with van der Waals surface area (Å²) in [6.45, 7) is 6.57. The van der Waals surface area contributed by atoms with Gasteiger partial charge in [-0.3, -0.25) is 4.79 Å². The molecule has 0 radical (unpaired) electrons. The molecule has 0 saturated heterocycles. The Hall–Kier alpha value is -1.93. The fourth-order valence-electron chi connectivity index (χ4n) is 1.80. The van der Waals surface area contributed by atoms with Gasteiger partial charge in [-0.05, 0) is 32.4 Å². The molecule has 1 aromatic carbocycles. The highest BCUT2D eigenvalue weighted by Gasteiger charge is 2.17.